The zero-order chi connectivity index (χ0) is 16.6. The van der Waals surface area contributed by atoms with Gasteiger partial charge in [0.15, 0.2) is 9.84 Å². The summed E-state index contributed by atoms with van der Waals surface area (Å²) in [6.45, 7) is 0. The van der Waals surface area contributed by atoms with Gasteiger partial charge in [-0.15, -0.1) is 11.3 Å². The molecule has 1 fully saturated rings. The van der Waals surface area contributed by atoms with Crippen LogP contribution in [0, 0.1) is 0 Å². The fourth-order valence-electron chi connectivity index (χ4n) is 2.52. The third-order valence-electron chi connectivity index (χ3n) is 3.89. The predicted molar refractivity (Wildman–Crippen MR) is 91.7 cm³/mol. The molecule has 1 aromatic heterocycles. The SMILES string of the molecule is CN(C(=O)c1csc(-c2ccc(Cl)cc2)n1)[C@H]1CCS(=O)(=O)C1. The molecule has 122 valence electrons. The first-order valence-corrected chi connectivity index (χ1v) is 10.1. The Morgan fingerprint density at radius 1 is 1.35 bits per heavy atom. The Morgan fingerprint density at radius 2 is 2.04 bits per heavy atom. The van der Waals surface area contributed by atoms with Gasteiger partial charge in [0.1, 0.15) is 10.7 Å². The van der Waals surface area contributed by atoms with Gasteiger partial charge in [0, 0.05) is 29.1 Å². The van der Waals surface area contributed by atoms with Crippen molar-refractivity contribution in [2.75, 3.05) is 18.6 Å². The highest BCUT2D eigenvalue weighted by atomic mass is 35.5. The van der Waals surface area contributed by atoms with E-state index in [1.165, 1.54) is 16.2 Å². The monoisotopic (exact) mass is 370 g/mol. The number of amides is 1. The van der Waals surface area contributed by atoms with Gasteiger partial charge in [0.2, 0.25) is 0 Å². The molecule has 0 bridgehead atoms. The third-order valence-corrected chi connectivity index (χ3v) is 6.78. The lowest BCUT2D eigenvalue weighted by molar-refractivity contribution is 0.0742. The summed E-state index contributed by atoms with van der Waals surface area (Å²) in [7, 11) is -1.39. The molecular weight excluding hydrogens is 356 g/mol. The molecule has 0 radical (unpaired) electrons. The Balaban J connectivity index is 1.77. The van der Waals surface area contributed by atoms with Gasteiger partial charge < -0.3 is 4.90 Å². The molecule has 0 unspecified atom stereocenters. The number of halogens is 1. The van der Waals surface area contributed by atoms with Gasteiger partial charge in [-0.2, -0.15) is 0 Å². The van der Waals surface area contributed by atoms with Crippen molar-refractivity contribution < 1.29 is 13.2 Å². The summed E-state index contributed by atoms with van der Waals surface area (Å²) in [5.74, 6) is -0.0743. The van der Waals surface area contributed by atoms with Crippen LogP contribution in [0.2, 0.25) is 5.02 Å². The standard InChI is InChI=1S/C15H15ClN2O3S2/c1-18(12-6-7-23(20,21)9-12)15(19)13-8-22-14(17-13)10-2-4-11(16)5-3-10/h2-5,8,12H,6-7,9H2,1H3/t12-/m0/s1. The summed E-state index contributed by atoms with van der Waals surface area (Å²) in [5.41, 5.74) is 1.23. The van der Waals surface area contributed by atoms with Crippen molar-refractivity contribution in [3.63, 3.8) is 0 Å². The number of benzene rings is 1. The topological polar surface area (TPSA) is 67.3 Å². The number of thiazole rings is 1. The molecule has 23 heavy (non-hydrogen) atoms. The Labute approximate surface area is 143 Å². The van der Waals surface area contributed by atoms with E-state index in [1.807, 2.05) is 12.1 Å². The minimum Gasteiger partial charge on any atom is -0.336 e. The first-order valence-electron chi connectivity index (χ1n) is 7.05. The molecule has 2 aromatic rings. The van der Waals surface area contributed by atoms with Gasteiger partial charge in [0.05, 0.1) is 11.5 Å². The second-order valence-electron chi connectivity index (χ2n) is 5.52. The molecule has 1 saturated heterocycles. The molecule has 0 N–H and O–H groups in total. The maximum atomic E-state index is 12.5. The summed E-state index contributed by atoms with van der Waals surface area (Å²) in [6.07, 6.45) is 0.485. The Bertz CT molecular complexity index is 831. The molecule has 2 heterocycles. The highest BCUT2D eigenvalue weighted by molar-refractivity contribution is 7.91. The average Bonchev–Trinajstić information content (AvgIpc) is 3.13. The van der Waals surface area contributed by atoms with Crippen molar-refractivity contribution in [3.05, 3.63) is 40.4 Å². The van der Waals surface area contributed by atoms with Crippen molar-refractivity contribution in [1.29, 1.82) is 0 Å². The van der Waals surface area contributed by atoms with E-state index in [-0.39, 0.29) is 23.5 Å². The van der Waals surface area contributed by atoms with Crippen molar-refractivity contribution >= 4 is 38.7 Å². The average molecular weight is 371 g/mol. The van der Waals surface area contributed by atoms with E-state index in [2.05, 4.69) is 4.98 Å². The fraction of sp³-hybridized carbons (Fsp3) is 0.333. The largest absolute Gasteiger partial charge is 0.336 e. The zero-order valence-corrected chi connectivity index (χ0v) is 14.8. The quantitative estimate of drug-likeness (QED) is 0.833. The van der Waals surface area contributed by atoms with Crippen molar-refractivity contribution in [1.82, 2.24) is 9.88 Å². The number of hydrogen-bond acceptors (Lipinski definition) is 5. The lowest BCUT2D eigenvalue weighted by Crippen LogP contribution is -2.38. The van der Waals surface area contributed by atoms with E-state index in [0.29, 0.717) is 17.1 Å². The number of carbonyl (C=O) groups is 1. The van der Waals surface area contributed by atoms with Crippen molar-refractivity contribution in [2.24, 2.45) is 0 Å². The maximum Gasteiger partial charge on any atom is 0.273 e. The molecule has 0 aliphatic carbocycles. The number of hydrogen-bond donors (Lipinski definition) is 0. The lowest BCUT2D eigenvalue weighted by atomic mass is 10.2. The molecular formula is C15H15ClN2O3S2. The van der Waals surface area contributed by atoms with Crippen LogP contribution in [0.25, 0.3) is 10.6 Å². The molecule has 3 rings (SSSR count). The molecule has 1 aliphatic heterocycles. The van der Waals surface area contributed by atoms with Gasteiger partial charge >= 0.3 is 0 Å². The first kappa shape index (κ1) is 16.4. The molecule has 8 heteroatoms. The highest BCUT2D eigenvalue weighted by Crippen LogP contribution is 2.26. The molecule has 1 atom stereocenters. The maximum absolute atomic E-state index is 12.5. The van der Waals surface area contributed by atoms with Crippen LogP contribution in [0.15, 0.2) is 29.6 Å². The van der Waals surface area contributed by atoms with E-state index >= 15 is 0 Å². The van der Waals surface area contributed by atoms with E-state index in [0.717, 1.165) is 10.6 Å². The van der Waals surface area contributed by atoms with Gasteiger partial charge in [-0.25, -0.2) is 13.4 Å². The van der Waals surface area contributed by atoms with Crippen LogP contribution in [0.4, 0.5) is 0 Å². The zero-order valence-electron chi connectivity index (χ0n) is 12.4. The van der Waals surface area contributed by atoms with Crippen LogP contribution in [0.3, 0.4) is 0 Å². The highest BCUT2D eigenvalue weighted by Gasteiger charge is 2.33. The van der Waals surface area contributed by atoms with E-state index in [1.54, 1.807) is 24.6 Å². The summed E-state index contributed by atoms with van der Waals surface area (Å²) in [6, 6.07) is 6.98. The number of carbonyl (C=O) groups excluding carboxylic acids is 1. The molecule has 1 amide bonds. The lowest BCUT2D eigenvalue weighted by Gasteiger charge is -2.22. The Morgan fingerprint density at radius 3 is 2.65 bits per heavy atom. The van der Waals surface area contributed by atoms with Crippen molar-refractivity contribution in [3.8, 4) is 10.6 Å². The summed E-state index contributed by atoms with van der Waals surface area (Å²) >= 11 is 7.24. The van der Waals surface area contributed by atoms with Gasteiger partial charge in [-0.3, -0.25) is 4.79 Å². The molecule has 1 aromatic carbocycles. The van der Waals surface area contributed by atoms with E-state index in [9.17, 15) is 13.2 Å². The van der Waals surface area contributed by atoms with Gasteiger partial charge in [-0.05, 0) is 18.6 Å². The minimum absolute atomic E-state index is 0.0312. The number of aromatic nitrogens is 1. The van der Waals surface area contributed by atoms with E-state index in [4.69, 9.17) is 11.6 Å². The molecule has 0 saturated carbocycles. The normalized spacial score (nSPS) is 19.7. The van der Waals surface area contributed by atoms with Crippen LogP contribution >= 0.6 is 22.9 Å². The molecule has 1 aliphatic rings. The van der Waals surface area contributed by atoms with E-state index < -0.39 is 9.84 Å². The van der Waals surface area contributed by atoms with Crippen LogP contribution < -0.4 is 0 Å². The summed E-state index contributed by atoms with van der Waals surface area (Å²) < 4.78 is 23.1. The van der Waals surface area contributed by atoms with Crippen LogP contribution in [0.1, 0.15) is 16.9 Å². The Hall–Kier alpha value is -1.44. The minimum atomic E-state index is -3.02. The second-order valence-corrected chi connectivity index (χ2v) is 9.04. The van der Waals surface area contributed by atoms with Crippen LogP contribution in [-0.4, -0.2) is 48.8 Å². The number of nitrogens with zero attached hydrogens (tertiary/aromatic N) is 2. The molecule has 0 spiro atoms. The second kappa shape index (κ2) is 6.22. The third kappa shape index (κ3) is 3.57. The molecule has 5 nitrogen and oxygen atoms in total. The van der Waals surface area contributed by atoms with Crippen molar-refractivity contribution in [2.45, 2.75) is 12.5 Å². The van der Waals surface area contributed by atoms with Crippen LogP contribution in [-0.2, 0) is 9.84 Å². The van der Waals surface area contributed by atoms with Gasteiger partial charge in [0.25, 0.3) is 5.91 Å². The smallest absolute Gasteiger partial charge is 0.273 e. The van der Waals surface area contributed by atoms with Crippen LogP contribution in [0.5, 0.6) is 0 Å². The summed E-state index contributed by atoms with van der Waals surface area (Å²) in [5, 5.41) is 3.08. The number of rotatable bonds is 3. The summed E-state index contributed by atoms with van der Waals surface area (Å²) in [4.78, 5) is 18.4. The Kier molecular flexibility index (Phi) is 4.44. The van der Waals surface area contributed by atoms with Gasteiger partial charge in [-0.1, -0.05) is 23.7 Å². The number of sulfone groups is 1. The predicted octanol–water partition coefficient (Wildman–Crippen LogP) is 2.72. The first-order chi connectivity index (χ1) is 10.9. The fourth-order valence-corrected chi connectivity index (χ4v) is 5.22.